The third kappa shape index (κ3) is 1.59. The van der Waals surface area contributed by atoms with E-state index < -0.39 is 0 Å². The van der Waals surface area contributed by atoms with Gasteiger partial charge in [-0.25, -0.2) is 0 Å². The van der Waals surface area contributed by atoms with Crippen LogP contribution in [-0.2, 0) is 10.2 Å². The Morgan fingerprint density at radius 2 is 1.81 bits per heavy atom. The summed E-state index contributed by atoms with van der Waals surface area (Å²) < 4.78 is 0. The maximum absolute atomic E-state index is 11.7. The molecule has 86 valence electrons. The van der Waals surface area contributed by atoms with Gasteiger partial charge in [0.2, 0.25) is 0 Å². The first kappa shape index (κ1) is 11.4. The Hall–Kier alpha value is -1.11. The maximum atomic E-state index is 11.7. The molecule has 0 N–H and O–H groups in total. The summed E-state index contributed by atoms with van der Waals surface area (Å²) in [7, 11) is 0. The van der Waals surface area contributed by atoms with Gasteiger partial charge < -0.3 is 0 Å². The number of ketones is 1. The predicted octanol–water partition coefficient (Wildman–Crippen LogP) is 3.64. The Kier molecular flexibility index (Phi) is 2.45. The molecule has 16 heavy (non-hydrogen) atoms. The van der Waals surface area contributed by atoms with Crippen LogP contribution >= 0.6 is 0 Å². The van der Waals surface area contributed by atoms with E-state index in [4.69, 9.17) is 0 Å². The third-order valence-corrected chi connectivity index (χ3v) is 4.34. The van der Waals surface area contributed by atoms with Crippen molar-refractivity contribution in [2.24, 2.45) is 5.41 Å². The lowest BCUT2D eigenvalue weighted by molar-refractivity contribution is -0.118. The summed E-state index contributed by atoms with van der Waals surface area (Å²) in [5.41, 5.74) is 2.64. The number of rotatable bonds is 1. The molecular formula is C15H20O. The van der Waals surface area contributed by atoms with E-state index >= 15 is 0 Å². The van der Waals surface area contributed by atoms with E-state index in [1.165, 1.54) is 11.1 Å². The lowest BCUT2D eigenvalue weighted by Gasteiger charge is -2.38. The van der Waals surface area contributed by atoms with Crippen molar-refractivity contribution in [3.05, 3.63) is 35.4 Å². The zero-order valence-electron chi connectivity index (χ0n) is 10.6. The van der Waals surface area contributed by atoms with Gasteiger partial charge in [0.1, 0.15) is 5.78 Å². The van der Waals surface area contributed by atoms with Gasteiger partial charge in [0, 0.05) is 18.3 Å². The molecule has 1 unspecified atom stereocenters. The number of hydrogen-bond donors (Lipinski definition) is 0. The monoisotopic (exact) mass is 216 g/mol. The molecule has 1 saturated carbocycles. The molecule has 1 heteroatoms. The highest BCUT2D eigenvalue weighted by Gasteiger charge is 2.50. The Labute approximate surface area is 97.9 Å². The van der Waals surface area contributed by atoms with E-state index in [1.807, 2.05) is 0 Å². The molecule has 0 aliphatic heterocycles. The van der Waals surface area contributed by atoms with Gasteiger partial charge in [-0.2, -0.15) is 0 Å². The average Bonchev–Trinajstić information content (AvgIpc) is 2.36. The lowest BCUT2D eigenvalue weighted by Crippen LogP contribution is -2.33. The molecular weight excluding hydrogens is 196 g/mol. The molecule has 0 spiro atoms. The molecule has 1 atom stereocenters. The first-order chi connectivity index (χ1) is 7.35. The number of carbonyl (C=O) groups is 1. The highest BCUT2D eigenvalue weighted by molar-refractivity contribution is 5.84. The van der Waals surface area contributed by atoms with Gasteiger partial charge in [0.05, 0.1) is 0 Å². The summed E-state index contributed by atoms with van der Waals surface area (Å²) >= 11 is 0. The second-order valence-electron chi connectivity index (χ2n) is 5.98. The van der Waals surface area contributed by atoms with Crippen LogP contribution in [0.1, 0.15) is 44.7 Å². The summed E-state index contributed by atoms with van der Waals surface area (Å²) in [6.07, 6.45) is 1.39. The second kappa shape index (κ2) is 3.44. The summed E-state index contributed by atoms with van der Waals surface area (Å²) in [6.45, 7) is 8.75. The van der Waals surface area contributed by atoms with Crippen LogP contribution in [0, 0.1) is 12.3 Å². The van der Waals surface area contributed by atoms with Crippen LogP contribution in [0.3, 0.4) is 0 Å². The van der Waals surface area contributed by atoms with E-state index in [1.54, 1.807) is 0 Å². The highest BCUT2D eigenvalue weighted by atomic mass is 16.1. The fourth-order valence-electron chi connectivity index (χ4n) is 2.87. The van der Waals surface area contributed by atoms with Crippen molar-refractivity contribution in [3.8, 4) is 0 Å². The topological polar surface area (TPSA) is 17.1 Å². The van der Waals surface area contributed by atoms with Crippen LogP contribution in [0.2, 0.25) is 0 Å². The van der Waals surface area contributed by atoms with Gasteiger partial charge >= 0.3 is 0 Å². The molecule has 0 heterocycles. The molecule has 0 radical (unpaired) electrons. The van der Waals surface area contributed by atoms with Crippen molar-refractivity contribution >= 4 is 5.78 Å². The zero-order chi connectivity index (χ0) is 12.0. The number of benzene rings is 1. The minimum atomic E-state index is -0.00387. The smallest absolute Gasteiger partial charge is 0.134 e. The molecule has 1 fully saturated rings. The highest BCUT2D eigenvalue weighted by Crippen LogP contribution is 2.52. The summed E-state index contributed by atoms with van der Waals surface area (Å²) in [5.74, 6) is 0.397. The van der Waals surface area contributed by atoms with E-state index in [0.29, 0.717) is 18.6 Å². The van der Waals surface area contributed by atoms with Crippen LogP contribution in [-0.4, -0.2) is 5.78 Å². The Bertz CT molecular complexity index is 431. The van der Waals surface area contributed by atoms with Crippen LogP contribution in [0.15, 0.2) is 24.3 Å². The minimum Gasteiger partial charge on any atom is -0.300 e. The van der Waals surface area contributed by atoms with E-state index in [9.17, 15) is 4.79 Å². The van der Waals surface area contributed by atoms with E-state index in [-0.39, 0.29) is 10.8 Å². The Morgan fingerprint density at radius 1 is 1.12 bits per heavy atom. The number of hydrogen-bond acceptors (Lipinski definition) is 1. The zero-order valence-corrected chi connectivity index (χ0v) is 10.6. The minimum absolute atomic E-state index is 0.00387. The number of Topliss-reactive ketones (excluding diaryl/α,β-unsaturated/α-hetero) is 1. The van der Waals surface area contributed by atoms with Gasteiger partial charge in [-0.1, -0.05) is 50.6 Å². The van der Waals surface area contributed by atoms with Crippen molar-refractivity contribution in [3.63, 3.8) is 0 Å². The van der Waals surface area contributed by atoms with Gasteiger partial charge in [-0.05, 0) is 17.9 Å². The van der Waals surface area contributed by atoms with Crippen LogP contribution in [0.25, 0.3) is 0 Å². The lowest BCUT2D eigenvalue weighted by atomic mass is 9.65. The van der Waals surface area contributed by atoms with Crippen molar-refractivity contribution < 1.29 is 4.79 Å². The number of aryl methyl sites for hydroxylation is 1. The maximum Gasteiger partial charge on any atom is 0.134 e. The van der Waals surface area contributed by atoms with Gasteiger partial charge in [-0.3, -0.25) is 4.79 Å². The van der Waals surface area contributed by atoms with Crippen molar-refractivity contribution in [1.82, 2.24) is 0 Å². The van der Waals surface area contributed by atoms with Crippen LogP contribution in [0.5, 0.6) is 0 Å². The van der Waals surface area contributed by atoms with Crippen LogP contribution in [0.4, 0.5) is 0 Å². The van der Waals surface area contributed by atoms with Gasteiger partial charge in [0.15, 0.2) is 0 Å². The van der Waals surface area contributed by atoms with Gasteiger partial charge in [0.25, 0.3) is 0 Å². The molecule has 0 aromatic heterocycles. The first-order valence-corrected chi connectivity index (χ1v) is 5.94. The molecule has 1 nitrogen and oxygen atoms in total. The van der Waals surface area contributed by atoms with Crippen LogP contribution < -0.4 is 0 Å². The van der Waals surface area contributed by atoms with Crippen molar-refractivity contribution in [2.45, 2.75) is 46.0 Å². The average molecular weight is 216 g/mol. The molecule has 1 aromatic carbocycles. The van der Waals surface area contributed by atoms with E-state index in [2.05, 4.69) is 52.0 Å². The third-order valence-electron chi connectivity index (χ3n) is 4.34. The molecule has 0 bridgehead atoms. The summed E-state index contributed by atoms with van der Waals surface area (Å²) in [6, 6.07) is 8.58. The summed E-state index contributed by atoms with van der Waals surface area (Å²) in [5, 5.41) is 0. The standard InChI is InChI=1S/C15H20O/c1-11-6-5-7-12(8-11)15(4)10-13(16)9-14(15,2)3/h5-8H,9-10H2,1-4H3. The Balaban J connectivity index is 2.50. The molecule has 0 saturated heterocycles. The van der Waals surface area contributed by atoms with E-state index in [0.717, 1.165) is 0 Å². The number of carbonyl (C=O) groups excluding carboxylic acids is 1. The first-order valence-electron chi connectivity index (χ1n) is 5.94. The quantitative estimate of drug-likeness (QED) is 0.700. The molecule has 1 aromatic rings. The SMILES string of the molecule is Cc1cccc(C2(C)CC(=O)CC2(C)C)c1. The second-order valence-corrected chi connectivity index (χ2v) is 5.98. The van der Waals surface area contributed by atoms with Crippen molar-refractivity contribution in [2.75, 3.05) is 0 Å². The molecule has 2 rings (SSSR count). The molecule has 1 aliphatic rings. The predicted molar refractivity (Wildman–Crippen MR) is 66.6 cm³/mol. The largest absolute Gasteiger partial charge is 0.300 e. The fourth-order valence-corrected chi connectivity index (χ4v) is 2.87. The molecule has 0 amide bonds. The summed E-state index contributed by atoms with van der Waals surface area (Å²) in [4.78, 5) is 11.7. The fraction of sp³-hybridized carbons (Fsp3) is 0.533. The van der Waals surface area contributed by atoms with Crippen molar-refractivity contribution in [1.29, 1.82) is 0 Å². The van der Waals surface area contributed by atoms with Gasteiger partial charge in [-0.15, -0.1) is 0 Å². The normalized spacial score (nSPS) is 28.4. The molecule has 1 aliphatic carbocycles. The Morgan fingerprint density at radius 3 is 2.31 bits per heavy atom.